The largest absolute Gasteiger partial charge is 0.381 e. The van der Waals surface area contributed by atoms with Gasteiger partial charge in [0, 0.05) is 25.8 Å². The molecule has 3 heteroatoms. The smallest absolute Gasteiger partial charge is 0.0495 e. The molecule has 0 aromatic carbocycles. The van der Waals surface area contributed by atoms with Crippen molar-refractivity contribution in [2.45, 2.75) is 32.2 Å². The second-order valence-corrected chi connectivity index (χ2v) is 5.25. The van der Waals surface area contributed by atoms with Gasteiger partial charge in [-0.2, -0.15) is 0 Å². The van der Waals surface area contributed by atoms with Gasteiger partial charge in [-0.1, -0.05) is 6.92 Å². The van der Waals surface area contributed by atoms with Crippen LogP contribution in [0, 0.1) is 11.8 Å². The molecule has 3 unspecified atom stereocenters. The van der Waals surface area contributed by atoms with Crippen molar-refractivity contribution in [1.82, 2.24) is 4.90 Å². The standard InChI is InChI=1S/C12H24N2O/c1-10-8-14(6-3-12(10)13)5-2-11-4-7-15-9-11/h10-12H,2-9,13H2,1H3. The average molecular weight is 212 g/mol. The van der Waals surface area contributed by atoms with Crippen molar-refractivity contribution in [1.29, 1.82) is 0 Å². The molecular formula is C12H24N2O. The second kappa shape index (κ2) is 5.28. The van der Waals surface area contributed by atoms with Gasteiger partial charge in [0.15, 0.2) is 0 Å². The first-order valence-corrected chi connectivity index (χ1v) is 6.31. The number of rotatable bonds is 3. The van der Waals surface area contributed by atoms with Gasteiger partial charge in [-0.3, -0.25) is 0 Å². The van der Waals surface area contributed by atoms with Crippen LogP contribution in [0.1, 0.15) is 26.2 Å². The highest BCUT2D eigenvalue weighted by Gasteiger charge is 2.24. The van der Waals surface area contributed by atoms with Gasteiger partial charge in [-0.25, -0.2) is 0 Å². The van der Waals surface area contributed by atoms with E-state index in [0.29, 0.717) is 12.0 Å². The summed E-state index contributed by atoms with van der Waals surface area (Å²) in [5, 5.41) is 0. The molecule has 3 nitrogen and oxygen atoms in total. The Hall–Kier alpha value is -0.120. The lowest BCUT2D eigenvalue weighted by atomic mass is 9.94. The fraction of sp³-hybridized carbons (Fsp3) is 1.00. The van der Waals surface area contributed by atoms with Crippen molar-refractivity contribution in [2.24, 2.45) is 17.6 Å². The zero-order chi connectivity index (χ0) is 10.7. The highest BCUT2D eigenvalue weighted by Crippen LogP contribution is 2.19. The Labute approximate surface area is 93.0 Å². The first-order chi connectivity index (χ1) is 7.25. The number of piperidine rings is 1. The molecule has 0 amide bonds. The first-order valence-electron chi connectivity index (χ1n) is 6.31. The van der Waals surface area contributed by atoms with E-state index in [0.717, 1.165) is 19.1 Å². The number of nitrogens with zero attached hydrogens (tertiary/aromatic N) is 1. The van der Waals surface area contributed by atoms with Crippen molar-refractivity contribution in [3.05, 3.63) is 0 Å². The molecule has 2 heterocycles. The van der Waals surface area contributed by atoms with Crippen molar-refractivity contribution in [3.8, 4) is 0 Å². The highest BCUT2D eigenvalue weighted by molar-refractivity contribution is 4.80. The van der Waals surface area contributed by atoms with Crippen LogP contribution >= 0.6 is 0 Å². The van der Waals surface area contributed by atoms with E-state index in [9.17, 15) is 0 Å². The molecule has 0 bridgehead atoms. The Balaban J connectivity index is 1.66. The predicted molar refractivity (Wildman–Crippen MR) is 61.7 cm³/mol. The normalized spacial score (nSPS) is 38.4. The van der Waals surface area contributed by atoms with E-state index < -0.39 is 0 Å². The fourth-order valence-electron chi connectivity index (χ4n) is 2.63. The third kappa shape index (κ3) is 3.16. The van der Waals surface area contributed by atoms with Gasteiger partial charge in [0.2, 0.25) is 0 Å². The highest BCUT2D eigenvalue weighted by atomic mass is 16.5. The van der Waals surface area contributed by atoms with Crippen LogP contribution in [0.25, 0.3) is 0 Å². The van der Waals surface area contributed by atoms with E-state index in [4.69, 9.17) is 10.5 Å². The number of ether oxygens (including phenoxy) is 1. The quantitative estimate of drug-likeness (QED) is 0.761. The molecule has 2 aliphatic heterocycles. The first kappa shape index (κ1) is 11.4. The molecule has 3 atom stereocenters. The van der Waals surface area contributed by atoms with E-state index in [2.05, 4.69) is 11.8 Å². The Morgan fingerprint density at radius 2 is 2.27 bits per heavy atom. The minimum absolute atomic E-state index is 0.427. The van der Waals surface area contributed by atoms with E-state index >= 15 is 0 Å². The lowest BCUT2D eigenvalue weighted by Crippen LogP contribution is -2.46. The Kier molecular flexibility index (Phi) is 4.00. The van der Waals surface area contributed by atoms with Gasteiger partial charge in [0.1, 0.15) is 0 Å². The number of hydrogen-bond acceptors (Lipinski definition) is 3. The molecule has 2 saturated heterocycles. The maximum atomic E-state index is 6.01. The summed E-state index contributed by atoms with van der Waals surface area (Å²) in [6.45, 7) is 7.86. The molecule has 2 N–H and O–H groups in total. The van der Waals surface area contributed by atoms with Gasteiger partial charge < -0.3 is 15.4 Å². The zero-order valence-corrected chi connectivity index (χ0v) is 9.82. The lowest BCUT2D eigenvalue weighted by molar-refractivity contribution is 0.147. The molecule has 0 spiro atoms. The van der Waals surface area contributed by atoms with Crippen molar-refractivity contribution >= 4 is 0 Å². The van der Waals surface area contributed by atoms with Crippen LogP contribution in [0.3, 0.4) is 0 Å². The summed E-state index contributed by atoms with van der Waals surface area (Å²) in [5.41, 5.74) is 6.01. The summed E-state index contributed by atoms with van der Waals surface area (Å²) in [6.07, 6.45) is 3.74. The summed E-state index contributed by atoms with van der Waals surface area (Å²) >= 11 is 0. The second-order valence-electron chi connectivity index (χ2n) is 5.25. The van der Waals surface area contributed by atoms with Gasteiger partial charge in [-0.15, -0.1) is 0 Å². The van der Waals surface area contributed by atoms with Crippen molar-refractivity contribution < 1.29 is 4.74 Å². The molecular weight excluding hydrogens is 188 g/mol. The summed E-state index contributed by atoms with van der Waals surface area (Å²) in [5.74, 6) is 1.48. The van der Waals surface area contributed by atoms with E-state index in [1.165, 1.54) is 38.9 Å². The van der Waals surface area contributed by atoms with Crippen molar-refractivity contribution in [2.75, 3.05) is 32.8 Å². The Morgan fingerprint density at radius 1 is 1.40 bits per heavy atom. The molecule has 0 saturated carbocycles. The molecule has 2 rings (SSSR count). The molecule has 0 aromatic rings. The van der Waals surface area contributed by atoms with Gasteiger partial charge >= 0.3 is 0 Å². The molecule has 0 aromatic heterocycles. The third-order valence-corrected chi connectivity index (χ3v) is 3.93. The van der Waals surface area contributed by atoms with Crippen LogP contribution in [-0.4, -0.2) is 43.8 Å². The third-order valence-electron chi connectivity index (χ3n) is 3.93. The molecule has 2 aliphatic rings. The zero-order valence-electron chi connectivity index (χ0n) is 9.82. The maximum Gasteiger partial charge on any atom is 0.0495 e. The monoisotopic (exact) mass is 212 g/mol. The Bertz CT molecular complexity index is 192. The summed E-state index contributed by atoms with van der Waals surface area (Å²) in [7, 11) is 0. The lowest BCUT2D eigenvalue weighted by Gasteiger charge is -2.35. The van der Waals surface area contributed by atoms with Crippen LogP contribution in [0.15, 0.2) is 0 Å². The number of hydrogen-bond donors (Lipinski definition) is 1. The minimum atomic E-state index is 0.427. The summed E-state index contributed by atoms with van der Waals surface area (Å²) < 4.78 is 5.40. The molecule has 0 aliphatic carbocycles. The van der Waals surface area contributed by atoms with Crippen LogP contribution in [-0.2, 0) is 4.74 Å². The molecule has 2 fully saturated rings. The number of likely N-dealkylation sites (tertiary alicyclic amines) is 1. The van der Waals surface area contributed by atoms with E-state index in [1.54, 1.807) is 0 Å². The topological polar surface area (TPSA) is 38.5 Å². The minimum Gasteiger partial charge on any atom is -0.381 e. The predicted octanol–water partition coefficient (Wildman–Crippen LogP) is 1.08. The molecule has 15 heavy (non-hydrogen) atoms. The molecule has 88 valence electrons. The van der Waals surface area contributed by atoms with Gasteiger partial charge in [0.25, 0.3) is 0 Å². The SMILES string of the molecule is CC1CN(CCC2CCOC2)CCC1N. The Morgan fingerprint density at radius 3 is 2.93 bits per heavy atom. The summed E-state index contributed by atoms with van der Waals surface area (Å²) in [4.78, 5) is 2.58. The summed E-state index contributed by atoms with van der Waals surface area (Å²) in [6, 6.07) is 0.427. The number of nitrogens with two attached hydrogens (primary N) is 1. The van der Waals surface area contributed by atoms with E-state index in [1.807, 2.05) is 0 Å². The van der Waals surface area contributed by atoms with Crippen LogP contribution in [0.4, 0.5) is 0 Å². The van der Waals surface area contributed by atoms with Crippen LogP contribution in [0.5, 0.6) is 0 Å². The average Bonchev–Trinajstić information content (AvgIpc) is 2.73. The molecule has 0 radical (unpaired) electrons. The van der Waals surface area contributed by atoms with Gasteiger partial charge in [-0.05, 0) is 44.2 Å². The van der Waals surface area contributed by atoms with Crippen molar-refractivity contribution in [3.63, 3.8) is 0 Å². The van der Waals surface area contributed by atoms with Crippen LogP contribution in [0.2, 0.25) is 0 Å². The van der Waals surface area contributed by atoms with Crippen LogP contribution < -0.4 is 5.73 Å². The van der Waals surface area contributed by atoms with Gasteiger partial charge in [0.05, 0.1) is 0 Å². The van der Waals surface area contributed by atoms with E-state index in [-0.39, 0.29) is 0 Å². The maximum absolute atomic E-state index is 6.01. The fourth-order valence-corrected chi connectivity index (χ4v) is 2.63.